The molecule has 0 unspecified atom stereocenters. The monoisotopic (exact) mass is 174 g/mol. The molecule has 13 heavy (non-hydrogen) atoms. The first kappa shape index (κ1) is 11.8. The van der Waals surface area contributed by atoms with Crippen LogP contribution < -0.4 is 0 Å². The molecule has 0 spiro atoms. The zero-order valence-electron chi connectivity index (χ0n) is 8.53. The van der Waals surface area contributed by atoms with Gasteiger partial charge in [0, 0.05) is 6.42 Å². The number of allylic oxidation sites excluding steroid dienone is 3. The molecule has 0 aromatic carbocycles. The summed E-state index contributed by atoms with van der Waals surface area (Å²) in [4.78, 5) is 0. The molecule has 0 saturated carbocycles. The highest BCUT2D eigenvalue weighted by Gasteiger charge is 1.90. The van der Waals surface area contributed by atoms with Gasteiger partial charge in [0.15, 0.2) is 0 Å². The molecular formula is C13H18. The fraction of sp³-hybridized carbons (Fsp3) is 0.385. The van der Waals surface area contributed by atoms with E-state index in [2.05, 4.69) is 31.6 Å². The van der Waals surface area contributed by atoms with E-state index in [1.165, 1.54) is 5.57 Å². The molecule has 0 heteroatoms. The maximum Gasteiger partial charge on any atom is 0.0270 e. The average molecular weight is 174 g/mol. The lowest BCUT2D eigenvalue weighted by Crippen LogP contribution is -1.80. The van der Waals surface area contributed by atoms with Crippen LogP contribution in [0.1, 0.15) is 32.6 Å². The minimum absolute atomic E-state index is 0.750. The minimum atomic E-state index is 0.750. The highest BCUT2D eigenvalue weighted by atomic mass is 14.0. The molecule has 0 nitrogen and oxygen atoms in total. The van der Waals surface area contributed by atoms with Gasteiger partial charge in [0.2, 0.25) is 0 Å². The van der Waals surface area contributed by atoms with Crippen LogP contribution >= 0.6 is 0 Å². The fourth-order valence-corrected chi connectivity index (χ4v) is 0.914. The van der Waals surface area contributed by atoms with Crippen LogP contribution in [0.5, 0.6) is 0 Å². The maximum atomic E-state index is 3.89. The van der Waals surface area contributed by atoms with Gasteiger partial charge in [-0.2, -0.15) is 0 Å². The standard InChI is InChI=1S/C13H18/c1-5-6-7-10-13(4)11-8-9-12(2)3/h5H,1-2,4,6,8-9,11H2,3H3. The van der Waals surface area contributed by atoms with Crippen molar-refractivity contribution >= 4 is 0 Å². The van der Waals surface area contributed by atoms with Gasteiger partial charge >= 0.3 is 0 Å². The van der Waals surface area contributed by atoms with Gasteiger partial charge in [-0.25, -0.2) is 0 Å². The maximum absolute atomic E-state index is 3.89. The molecule has 0 aliphatic rings. The van der Waals surface area contributed by atoms with Crippen molar-refractivity contribution in [2.75, 3.05) is 0 Å². The van der Waals surface area contributed by atoms with E-state index in [0.29, 0.717) is 0 Å². The van der Waals surface area contributed by atoms with Gasteiger partial charge in [0.1, 0.15) is 0 Å². The molecular weight excluding hydrogens is 156 g/mol. The molecule has 70 valence electrons. The van der Waals surface area contributed by atoms with Crippen molar-refractivity contribution < 1.29 is 0 Å². The van der Waals surface area contributed by atoms with Crippen LogP contribution in [-0.4, -0.2) is 0 Å². The van der Waals surface area contributed by atoms with E-state index in [-0.39, 0.29) is 0 Å². The van der Waals surface area contributed by atoms with Gasteiger partial charge in [-0.3, -0.25) is 0 Å². The van der Waals surface area contributed by atoms with Crippen molar-refractivity contribution in [3.63, 3.8) is 0 Å². The topological polar surface area (TPSA) is 0 Å². The quantitative estimate of drug-likeness (QED) is 0.438. The van der Waals surface area contributed by atoms with Crippen LogP contribution in [0.15, 0.2) is 37.0 Å². The Labute approximate surface area is 82.0 Å². The SMILES string of the molecule is C=CCC#CC(=C)CCCC(=C)C. The third-order valence-electron chi connectivity index (χ3n) is 1.59. The van der Waals surface area contributed by atoms with E-state index < -0.39 is 0 Å². The summed E-state index contributed by atoms with van der Waals surface area (Å²) in [5, 5.41) is 0. The van der Waals surface area contributed by atoms with Crippen LogP contribution in [0.3, 0.4) is 0 Å². The predicted molar refractivity (Wildman–Crippen MR) is 60.4 cm³/mol. The summed E-state index contributed by atoms with van der Waals surface area (Å²) >= 11 is 0. The Morgan fingerprint density at radius 1 is 1.31 bits per heavy atom. The second-order valence-electron chi connectivity index (χ2n) is 3.21. The van der Waals surface area contributed by atoms with Gasteiger partial charge in [-0.15, -0.1) is 13.2 Å². The van der Waals surface area contributed by atoms with Crippen molar-refractivity contribution in [3.05, 3.63) is 37.0 Å². The first-order valence-electron chi connectivity index (χ1n) is 4.58. The second-order valence-corrected chi connectivity index (χ2v) is 3.21. The zero-order valence-corrected chi connectivity index (χ0v) is 8.53. The van der Waals surface area contributed by atoms with Gasteiger partial charge in [-0.1, -0.05) is 30.1 Å². The Balaban J connectivity index is 3.58. The van der Waals surface area contributed by atoms with Crippen LogP contribution in [0.2, 0.25) is 0 Å². The zero-order chi connectivity index (χ0) is 10.1. The van der Waals surface area contributed by atoms with E-state index in [1.807, 2.05) is 6.92 Å². The average Bonchev–Trinajstić information content (AvgIpc) is 2.04. The second kappa shape index (κ2) is 7.43. The summed E-state index contributed by atoms with van der Waals surface area (Å²) in [6.07, 6.45) is 5.71. The molecule has 0 N–H and O–H groups in total. The molecule has 0 aromatic rings. The molecule has 0 heterocycles. The van der Waals surface area contributed by atoms with Crippen LogP contribution in [0.4, 0.5) is 0 Å². The Morgan fingerprint density at radius 2 is 2.00 bits per heavy atom. The Hall–Kier alpha value is -1.22. The normalized spacial score (nSPS) is 8.38. The summed E-state index contributed by atoms with van der Waals surface area (Å²) in [6, 6.07) is 0. The van der Waals surface area contributed by atoms with Crippen molar-refractivity contribution in [2.24, 2.45) is 0 Å². The van der Waals surface area contributed by atoms with Gasteiger partial charge in [0.05, 0.1) is 0 Å². The van der Waals surface area contributed by atoms with E-state index in [9.17, 15) is 0 Å². The fourth-order valence-electron chi connectivity index (χ4n) is 0.914. The highest BCUT2D eigenvalue weighted by molar-refractivity contribution is 5.26. The van der Waals surface area contributed by atoms with E-state index >= 15 is 0 Å². The third kappa shape index (κ3) is 8.69. The molecule has 0 rings (SSSR count). The van der Waals surface area contributed by atoms with Crippen LogP contribution in [-0.2, 0) is 0 Å². The molecule has 0 aliphatic carbocycles. The number of hydrogen-bond donors (Lipinski definition) is 0. The summed E-state index contributed by atoms with van der Waals surface area (Å²) in [6.45, 7) is 13.4. The van der Waals surface area contributed by atoms with Crippen molar-refractivity contribution in [3.8, 4) is 11.8 Å². The Bertz CT molecular complexity index is 245. The van der Waals surface area contributed by atoms with Gasteiger partial charge in [-0.05, 0) is 31.8 Å². The molecule has 0 aliphatic heterocycles. The van der Waals surface area contributed by atoms with Crippen LogP contribution in [0.25, 0.3) is 0 Å². The van der Waals surface area contributed by atoms with Crippen LogP contribution in [0, 0.1) is 11.8 Å². The lowest BCUT2D eigenvalue weighted by atomic mass is 10.1. The first-order chi connectivity index (χ1) is 6.16. The molecule has 0 aromatic heterocycles. The summed E-state index contributed by atoms with van der Waals surface area (Å²) < 4.78 is 0. The molecule has 0 saturated heterocycles. The minimum Gasteiger partial charge on any atom is -0.102 e. The van der Waals surface area contributed by atoms with E-state index in [4.69, 9.17) is 0 Å². The Morgan fingerprint density at radius 3 is 2.54 bits per heavy atom. The molecule has 0 atom stereocenters. The molecule has 0 radical (unpaired) electrons. The largest absolute Gasteiger partial charge is 0.102 e. The summed E-state index contributed by atoms with van der Waals surface area (Å²) in [5.74, 6) is 5.99. The highest BCUT2D eigenvalue weighted by Crippen LogP contribution is 2.08. The smallest absolute Gasteiger partial charge is 0.0270 e. The summed E-state index contributed by atoms with van der Waals surface area (Å²) in [7, 11) is 0. The molecule has 0 amide bonds. The molecule has 0 bridgehead atoms. The Kier molecular flexibility index (Phi) is 6.73. The van der Waals surface area contributed by atoms with Crippen molar-refractivity contribution in [1.82, 2.24) is 0 Å². The van der Waals surface area contributed by atoms with E-state index in [0.717, 1.165) is 31.3 Å². The lowest BCUT2D eigenvalue weighted by Gasteiger charge is -1.97. The van der Waals surface area contributed by atoms with Crippen molar-refractivity contribution in [2.45, 2.75) is 32.6 Å². The molecule has 0 fully saturated rings. The lowest BCUT2D eigenvalue weighted by molar-refractivity contribution is 0.822. The van der Waals surface area contributed by atoms with Gasteiger partial charge in [0.25, 0.3) is 0 Å². The number of hydrogen-bond acceptors (Lipinski definition) is 0. The third-order valence-corrected chi connectivity index (χ3v) is 1.59. The predicted octanol–water partition coefficient (Wildman–Crippen LogP) is 3.87. The summed E-state index contributed by atoms with van der Waals surface area (Å²) in [5.41, 5.74) is 2.25. The van der Waals surface area contributed by atoms with E-state index in [1.54, 1.807) is 6.08 Å². The van der Waals surface area contributed by atoms with Gasteiger partial charge < -0.3 is 0 Å². The number of rotatable bonds is 5. The van der Waals surface area contributed by atoms with Crippen molar-refractivity contribution in [1.29, 1.82) is 0 Å². The first-order valence-corrected chi connectivity index (χ1v) is 4.58.